The standard InChI is InChI=1S/C18H28N2O2/c1-12(2)15-8-6-7-9-16(15)19-13-10-14(11-13)20-17(21)22-18(3,4)5/h6-9,12-14,19H,10-11H2,1-5H3,(H,20,21). The summed E-state index contributed by atoms with van der Waals surface area (Å²) in [4.78, 5) is 11.7. The van der Waals surface area contributed by atoms with E-state index in [0.29, 0.717) is 12.0 Å². The Hall–Kier alpha value is -1.71. The highest BCUT2D eigenvalue weighted by molar-refractivity contribution is 5.68. The Morgan fingerprint density at radius 1 is 1.18 bits per heavy atom. The Morgan fingerprint density at radius 2 is 1.82 bits per heavy atom. The van der Waals surface area contributed by atoms with Crippen LogP contribution in [0, 0.1) is 0 Å². The molecule has 0 unspecified atom stereocenters. The van der Waals surface area contributed by atoms with Crippen molar-refractivity contribution in [3.8, 4) is 0 Å². The molecule has 0 bridgehead atoms. The molecule has 22 heavy (non-hydrogen) atoms. The molecule has 1 amide bonds. The zero-order valence-corrected chi connectivity index (χ0v) is 14.3. The SMILES string of the molecule is CC(C)c1ccccc1NC1CC(NC(=O)OC(C)(C)C)C1. The number of hydrogen-bond donors (Lipinski definition) is 2. The number of rotatable bonds is 4. The van der Waals surface area contributed by atoms with Gasteiger partial charge in [0.1, 0.15) is 5.60 Å². The lowest BCUT2D eigenvalue weighted by Gasteiger charge is -2.37. The first-order valence-corrected chi connectivity index (χ1v) is 8.09. The van der Waals surface area contributed by atoms with E-state index in [4.69, 9.17) is 4.74 Å². The van der Waals surface area contributed by atoms with E-state index in [2.05, 4.69) is 48.7 Å². The van der Waals surface area contributed by atoms with Crippen molar-refractivity contribution < 1.29 is 9.53 Å². The van der Waals surface area contributed by atoms with Crippen LogP contribution in [0.3, 0.4) is 0 Å². The van der Waals surface area contributed by atoms with Gasteiger partial charge in [0.05, 0.1) is 0 Å². The number of ether oxygens (including phenoxy) is 1. The van der Waals surface area contributed by atoms with Crippen molar-refractivity contribution in [2.75, 3.05) is 5.32 Å². The van der Waals surface area contributed by atoms with E-state index in [1.54, 1.807) is 0 Å². The van der Waals surface area contributed by atoms with Crippen molar-refractivity contribution in [1.82, 2.24) is 5.32 Å². The van der Waals surface area contributed by atoms with E-state index < -0.39 is 5.60 Å². The minimum atomic E-state index is -0.443. The lowest BCUT2D eigenvalue weighted by Crippen LogP contribution is -2.50. The Balaban J connectivity index is 1.79. The van der Waals surface area contributed by atoms with E-state index in [0.717, 1.165) is 12.8 Å². The average molecular weight is 304 g/mol. The summed E-state index contributed by atoms with van der Waals surface area (Å²) < 4.78 is 5.28. The van der Waals surface area contributed by atoms with Crippen LogP contribution in [0.15, 0.2) is 24.3 Å². The van der Waals surface area contributed by atoms with Crippen LogP contribution in [0.1, 0.15) is 58.9 Å². The molecule has 1 saturated carbocycles. The molecule has 1 fully saturated rings. The lowest BCUT2D eigenvalue weighted by atomic mass is 9.86. The van der Waals surface area contributed by atoms with Crippen molar-refractivity contribution in [3.63, 3.8) is 0 Å². The number of amides is 1. The maximum Gasteiger partial charge on any atom is 0.407 e. The van der Waals surface area contributed by atoms with Crippen molar-refractivity contribution in [3.05, 3.63) is 29.8 Å². The molecule has 0 spiro atoms. The van der Waals surface area contributed by atoms with Gasteiger partial charge >= 0.3 is 6.09 Å². The zero-order valence-electron chi connectivity index (χ0n) is 14.3. The Kier molecular flexibility index (Phi) is 4.99. The maximum atomic E-state index is 11.7. The third kappa shape index (κ3) is 4.65. The molecule has 0 saturated heterocycles. The number of benzene rings is 1. The number of para-hydroxylation sites is 1. The van der Waals surface area contributed by atoms with Crippen LogP contribution in [0.4, 0.5) is 10.5 Å². The highest BCUT2D eigenvalue weighted by Crippen LogP contribution is 2.29. The predicted molar refractivity (Wildman–Crippen MR) is 90.3 cm³/mol. The fraction of sp³-hybridized carbons (Fsp3) is 0.611. The summed E-state index contributed by atoms with van der Waals surface area (Å²) in [5.74, 6) is 0.500. The number of carbonyl (C=O) groups excluding carboxylic acids is 1. The number of carbonyl (C=O) groups is 1. The molecular formula is C18H28N2O2. The summed E-state index contributed by atoms with van der Waals surface area (Å²) in [6, 6.07) is 9.06. The first kappa shape index (κ1) is 16.7. The molecule has 4 nitrogen and oxygen atoms in total. The summed E-state index contributed by atoms with van der Waals surface area (Å²) in [5, 5.41) is 6.51. The molecule has 0 aromatic heterocycles. The zero-order chi connectivity index (χ0) is 16.3. The minimum absolute atomic E-state index is 0.207. The fourth-order valence-electron chi connectivity index (χ4n) is 2.68. The van der Waals surface area contributed by atoms with Crippen LogP contribution in [-0.4, -0.2) is 23.8 Å². The van der Waals surface area contributed by atoms with Gasteiger partial charge in [-0.2, -0.15) is 0 Å². The van der Waals surface area contributed by atoms with Gasteiger partial charge in [-0.3, -0.25) is 0 Å². The van der Waals surface area contributed by atoms with Gasteiger partial charge in [0.15, 0.2) is 0 Å². The number of hydrogen-bond acceptors (Lipinski definition) is 3. The van der Waals surface area contributed by atoms with Gasteiger partial charge in [0.25, 0.3) is 0 Å². The highest BCUT2D eigenvalue weighted by Gasteiger charge is 2.31. The number of anilines is 1. The molecule has 0 aliphatic heterocycles. The number of alkyl carbamates (subject to hydrolysis) is 1. The van der Waals surface area contributed by atoms with Crippen LogP contribution in [0.2, 0.25) is 0 Å². The average Bonchev–Trinajstić information content (AvgIpc) is 2.34. The Labute approximate surface area is 133 Å². The Morgan fingerprint density at radius 3 is 2.41 bits per heavy atom. The van der Waals surface area contributed by atoms with E-state index >= 15 is 0 Å². The van der Waals surface area contributed by atoms with Crippen LogP contribution >= 0.6 is 0 Å². The molecule has 0 atom stereocenters. The van der Waals surface area contributed by atoms with Crippen molar-refractivity contribution >= 4 is 11.8 Å². The normalized spacial score (nSPS) is 21.2. The molecule has 2 rings (SSSR count). The van der Waals surface area contributed by atoms with Gasteiger partial charge in [-0.15, -0.1) is 0 Å². The fourth-order valence-corrected chi connectivity index (χ4v) is 2.68. The van der Waals surface area contributed by atoms with E-state index in [1.165, 1.54) is 11.3 Å². The predicted octanol–water partition coefficient (Wildman–Crippen LogP) is 4.28. The summed E-state index contributed by atoms with van der Waals surface area (Å²) >= 11 is 0. The van der Waals surface area contributed by atoms with Crippen molar-refractivity contribution in [2.45, 2.75) is 71.1 Å². The Bertz CT molecular complexity index is 514. The second-order valence-corrected chi connectivity index (χ2v) is 7.40. The van der Waals surface area contributed by atoms with Crippen LogP contribution < -0.4 is 10.6 Å². The van der Waals surface area contributed by atoms with Gasteiger partial charge in [-0.1, -0.05) is 32.0 Å². The topological polar surface area (TPSA) is 50.4 Å². The quantitative estimate of drug-likeness (QED) is 0.873. The molecule has 122 valence electrons. The summed E-state index contributed by atoms with van der Waals surface area (Å²) in [6.45, 7) is 10.0. The lowest BCUT2D eigenvalue weighted by molar-refractivity contribution is 0.0475. The van der Waals surface area contributed by atoms with Gasteiger partial charge < -0.3 is 15.4 Å². The third-order valence-corrected chi connectivity index (χ3v) is 3.80. The first-order valence-electron chi connectivity index (χ1n) is 8.09. The van der Waals surface area contributed by atoms with Gasteiger partial charge in [0.2, 0.25) is 0 Å². The molecule has 1 aliphatic rings. The monoisotopic (exact) mass is 304 g/mol. The summed E-state index contributed by atoms with van der Waals surface area (Å²) in [7, 11) is 0. The van der Waals surface area contributed by atoms with E-state index in [-0.39, 0.29) is 12.1 Å². The van der Waals surface area contributed by atoms with Gasteiger partial charge in [-0.05, 0) is 51.2 Å². The molecule has 0 radical (unpaired) electrons. The van der Waals surface area contributed by atoms with Crippen LogP contribution in [0.5, 0.6) is 0 Å². The second kappa shape index (κ2) is 6.59. The minimum Gasteiger partial charge on any atom is -0.444 e. The first-order chi connectivity index (χ1) is 10.2. The van der Waals surface area contributed by atoms with Crippen molar-refractivity contribution in [1.29, 1.82) is 0 Å². The second-order valence-electron chi connectivity index (χ2n) is 7.40. The van der Waals surface area contributed by atoms with Gasteiger partial charge in [-0.25, -0.2) is 4.79 Å². The van der Waals surface area contributed by atoms with E-state index in [1.807, 2.05) is 20.8 Å². The molecule has 4 heteroatoms. The molecule has 1 aromatic carbocycles. The largest absolute Gasteiger partial charge is 0.444 e. The molecule has 2 N–H and O–H groups in total. The highest BCUT2D eigenvalue weighted by atomic mass is 16.6. The molecule has 1 aliphatic carbocycles. The number of nitrogens with one attached hydrogen (secondary N) is 2. The third-order valence-electron chi connectivity index (χ3n) is 3.80. The molecular weight excluding hydrogens is 276 g/mol. The smallest absolute Gasteiger partial charge is 0.407 e. The maximum absolute atomic E-state index is 11.7. The molecule has 0 heterocycles. The van der Waals surface area contributed by atoms with Crippen LogP contribution in [-0.2, 0) is 4.74 Å². The molecule has 1 aromatic rings. The van der Waals surface area contributed by atoms with E-state index in [9.17, 15) is 4.79 Å². The summed E-state index contributed by atoms with van der Waals surface area (Å²) in [6.07, 6.45) is 1.55. The van der Waals surface area contributed by atoms with Crippen molar-refractivity contribution in [2.24, 2.45) is 0 Å². The summed E-state index contributed by atoms with van der Waals surface area (Å²) in [5.41, 5.74) is 2.10. The van der Waals surface area contributed by atoms with Crippen LogP contribution in [0.25, 0.3) is 0 Å². The van der Waals surface area contributed by atoms with Gasteiger partial charge in [0, 0.05) is 17.8 Å².